The molecule has 0 aliphatic carbocycles. The average molecular weight is 515 g/mol. The van der Waals surface area contributed by atoms with Crippen molar-refractivity contribution < 1.29 is 13.2 Å². The fraction of sp³-hybridized carbons (Fsp3) is 0.227. The molecule has 13 heteroatoms. The third kappa shape index (κ3) is 5.39. The van der Waals surface area contributed by atoms with Crippen molar-refractivity contribution in [2.45, 2.75) is 0 Å². The first-order valence-corrected chi connectivity index (χ1v) is 13.1. The molecule has 2 aromatic heterocycles. The number of ether oxygens (including phenoxy) is 1. The average Bonchev–Trinajstić information content (AvgIpc) is 3.25. The molecule has 0 spiro atoms. The summed E-state index contributed by atoms with van der Waals surface area (Å²) in [4.78, 5) is 10.9. The Kier molecular flexibility index (Phi) is 6.32. The highest BCUT2D eigenvalue weighted by Crippen LogP contribution is 2.31. The zero-order chi connectivity index (χ0) is 24.4. The Hall–Kier alpha value is -3.61. The second-order valence-electron chi connectivity index (χ2n) is 7.97. The number of rotatable bonds is 7. The quantitative estimate of drug-likeness (QED) is 0.291. The van der Waals surface area contributed by atoms with Crippen molar-refractivity contribution in [1.29, 1.82) is 0 Å². The molecule has 0 atom stereocenters. The first kappa shape index (κ1) is 23.1. The highest BCUT2D eigenvalue weighted by molar-refractivity contribution is 7.92. The molecule has 5 rings (SSSR count). The molecule has 4 N–H and O–H groups in total. The summed E-state index contributed by atoms with van der Waals surface area (Å²) < 4.78 is 31.3. The van der Waals surface area contributed by atoms with Gasteiger partial charge in [0.15, 0.2) is 11.6 Å². The fourth-order valence-corrected chi connectivity index (χ4v) is 4.47. The maximum atomic E-state index is 11.7. The van der Waals surface area contributed by atoms with Gasteiger partial charge in [0.25, 0.3) is 0 Å². The van der Waals surface area contributed by atoms with Gasteiger partial charge in [0, 0.05) is 24.2 Å². The van der Waals surface area contributed by atoms with Crippen molar-refractivity contribution in [3.05, 3.63) is 53.7 Å². The number of hydrogen-bond acceptors (Lipinski definition) is 9. The van der Waals surface area contributed by atoms with Crippen molar-refractivity contribution in [2.75, 3.05) is 52.8 Å². The van der Waals surface area contributed by atoms with E-state index in [1.165, 1.54) is 6.20 Å². The normalized spacial score (nSPS) is 14.2. The molecule has 0 saturated carbocycles. The van der Waals surface area contributed by atoms with Gasteiger partial charge >= 0.3 is 0 Å². The van der Waals surface area contributed by atoms with Crippen molar-refractivity contribution in [2.24, 2.45) is 0 Å². The van der Waals surface area contributed by atoms with E-state index < -0.39 is 10.0 Å². The fourth-order valence-electron chi connectivity index (χ4n) is 3.75. The number of nitrogens with one attached hydrogen (secondary N) is 4. The van der Waals surface area contributed by atoms with Crippen LogP contribution in [0.1, 0.15) is 0 Å². The van der Waals surface area contributed by atoms with Gasteiger partial charge in [0.05, 0.1) is 42.6 Å². The van der Waals surface area contributed by atoms with E-state index in [-0.39, 0.29) is 5.02 Å². The van der Waals surface area contributed by atoms with Crippen LogP contribution in [0.15, 0.2) is 48.7 Å². The molecule has 0 amide bonds. The van der Waals surface area contributed by atoms with Gasteiger partial charge in [-0.1, -0.05) is 23.7 Å². The molecule has 3 heterocycles. The van der Waals surface area contributed by atoms with Gasteiger partial charge in [-0.05, 0) is 30.3 Å². The Balaban J connectivity index is 1.37. The first-order valence-electron chi connectivity index (χ1n) is 10.8. The predicted molar refractivity (Wildman–Crippen MR) is 138 cm³/mol. The number of aromatic nitrogens is 4. The molecule has 1 aliphatic heterocycles. The molecule has 11 nitrogen and oxygen atoms in total. The first-order chi connectivity index (χ1) is 16.9. The van der Waals surface area contributed by atoms with Gasteiger partial charge in [-0.15, -0.1) is 0 Å². The summed E-state index contributed by atoms with van der Waals surface area (Å²) in [6.45, 7) is 2.98. The molecule has 2 aromatic carbocycles. The molecule has 1 fully saturated rings. The van der Waals surface area contributed by atoms with Crippen molar-refractivity contribution in [1.82, 2.24) is 20.2 Å². The van der Waals surface area contributed by atoms with Gasteiger partial charge in [-0.25, -0.2) is 13.4 Å². The van der Waals surface area contributed by atoms with E-state index >= 15 is 0 Å². The number of fused-ring (bicyclic) bond motifs is 1. The Morgan fingerprint density at radius 2 is 1.86 bits per heavy atom. The summed E-state index contributed by atoms with van der Waals surface area (Å²) in [7, 11) is -3.46. The molecular weight excluding hydrogens is 492 g/mol. The van der Waals surface area contributed by atoms with Gasteiger partial charge < -0.3 is 20.3 Å². The largest absolute Gasteiger partial charge is 0.378 e. The molecular formula is C22H23ClN8O3S. The number of halogens is 1. The van der Waals surface area contributed by atoms with Crippen LogP contribution < -0.4 is 20.3 Å². The number of benzene rings is 2. The number of nitrogens with zero attached hydrogens (tertiary/aromatic N) is 4. The summed E-state index contributed by atoms with van der Waals surface area (Å²) in [6, 6.07) is 12.7. The molecule has 1 aliphatic rings. The standard InChI is InChI=1S/C22H23ClN8O3S/c1-35(32,33)30-18-5-3-2-4-17(18)26-20-16(23)13-24-22(27-20)25-14-6-7-15-19(12-14)28-29-21(15)31-8-10-34-11-9-31/h2-7,12-13,30H,8-11H2,1H3,(H,28,29)(H2,24,25,26,27). The van der Waals surface area contributed by atoms with Gasteiger partial charge in [0.2, 0.25) is 16.0 Å². The summed E-state index contributed by atoms with van der Waals surface area (Å²) in [6.07, 6.45) is 2.56. The van der Waals surface area contributed by atoms with E-state index in [0.717, 1.165) is 41.8 Å². The molecule has 1 saturated heterocycles. The molecule has 4 aromatic rings. The van der Waals surface area contributed by atoms with E-state index in [1.807, 2.05) is 18.2 Å². The van der Waals surface area contributed by atoms with Gasteiger partial charge in [-0.2, -0.15) is 10.1 Å². The van der Waals surface area contributed by atoms with Crippen LogP contribution in [-0.4, -0.2) is 61.1 Å². The Morgan fingerprint density at radius 3 is 2.63 bits per heavy atom. The lowest BCUT2D eigenvalue weighted by Crippen LogP contribution is -2.36. The lowest BCUT2D eigenvalue weighted by Gasteiger charge is -2.26. The minimum atomic E-state index is -3.46. The van der Waals surface area contributed by atoms with Crippen LogP contribution in [0.25, 0.3) is 10.9 Å². The molecule has 0 radical (unpaired) electrons. The van der Waals surface area contributed by atoms with Gasteiger partial charge in [-0.3, -0.25) is 9.82 Å². The highest BCUT2D eigenvalue weighted by atomic mass is 35.5. The van der Waals surface area contributed by atoms with E-state index in [2.05, 4.69) is 40.4 Å². The second kappa shape index (κ2) is 9.56. The molecule has 35 heavy (non-hydrogen) atoms. The van der Waals surface area contributed by atoms with Crippen molar-refractivity contribution in [3.8, 4) is 0 Å². The van der Waals surface area contributed by atoms with Gasteiger partial charge in [0.1, 0.15) is 5.02 Å². The molecule has 0 unspecified atom stereocenters. The van der Waals surface area contributed by atoms with Crippen LogP contribution in [0.5, 0.6) is 0 Å². The SMILES string of the molecule is CS(=O)(=O)Nc1ccccc1Nc1nc(Nc2ccc3c(N4CCOCC4)n[nH]c3c2)ncc1Cl. The third-order valence-corrected chi connectivity index (χ3v) is 6.20. The minimum absolute atomic E-state index is 0.281. The van der Waals surface area contributed by atoms with Crippen molar-refractivity contribution in [3.63, 3.8) is 0 Å². The van der Waals surface area contributed by atoms with Crippen LogP contribution in [-0.2, 0) is 14.8 Å². The Bertz CT molecular complexity index is 1470. The summed E-state index contributed by atoms with van der Waals surface area (Å²) in [5.74, 6) is 1.55. The van der Waals surface area contributed by atoms with Crippen molar-refractivity contribution >= 4 is 67.2 Å². The number of para-hydroxylation sites is 2. The number of hydrogen-bond donors (Lipinski definition) is 4. The van der Waals surface area contributed by atoms with Crippen LogP contribution in [0.3, 0.4) is 0 Å². The van der Waals surface area contributed by atoms with Crippen LogP contribution >= 0.6 is 11.6 Å². The topological polar surface area (TPSA) is 137 Å². The number of H-pyrrole nitrogens is 1. The Morgan fingerprint density at radius 1 is 1.09 bits per heavy atom. The smallest absolute Gasteiger partial charge is 0.229 e. The van der Waals surface area contributed by atoms with E-state index in [9.17, 15) is 8.42 Å². The Labute approximate surface area is 206 Å². The molecule has 182 valence electrons. The predicted octanol–water partition coefficient (Wildman–Crippen LogP) is 3.70. The zero-order valence-electron chi connectivity index (χ0n) is 18.7. The van der Waals surface area contributed by atoms with Crippen LogP contribution in [0.2, 0.25) is 5.02 Å². The third-order valence-electron chi connectivity index (χ3n) is 5.33. The number of aromatic amines is 1. The lowest BCUT2D eigenvalue weighted by molar-refractivity contribution is 0.122. The van der Waals surface area contributed by atoms with E-state index in [1.54, 1.807) is 24.3 Å². The number of sulfonamides is 1. The van der Waals surface area contributed by atoms with E-state index in [4.69, 9.17) is 16.3 Å². The zero-order valence-corrected chi connectivity index (χ0v) is 20.3. The lowest BCUT2D eigenvalue weighted by atomic mass is 10.2. The van der Waals surface area contributed by atoms with Crippen LogP contribution in [0.4, 0.5) is 34.6 Å². The molecule has 0 bridgehead atoms. The summed E-state index contributed by atoms with van der Waals surface area (Å²) in [5, 5.41) is 15.1. The monoisotopic (exact) mass is 514 g/mol. The summed E-state index contributed by atoms with van der Waals surface area (Å²) >= 11 is 6.31. The number of anilines is 6. The van der Waals surface area contributed by atoms with Crippen LogP contribution in [0, 0.1) is 0 Å². The number of morpholine rings is 1. The minimum Gasteiger partial charge on any atom is -0.378 e. The highest BCUT2D eigenvalue weighted by Gasteiger charge is 2.17. The second-order valence-corrected chi connectivity index (χ2v) is 10.1. The maximum Gasteiger partial charge on any atom is 0.229 e. The summed E-state index contributed by atoms with van der Waals surface area (Å²) in [5.41, 5.74) is 2.52. The van der Waals surface area contributed by atoms with E-state index in [0.29, 0.717) is 36.4 Å². The maximum absolute atomic E-state index is 11.7.